The molecule has 0 aliphatic heterocycles. The van der Waals surface area contributed by atoms with Crippen molar-refractivity contribution in [1.82, 2.24) is 0 Å². The van der Waals surface area contributed by atoms with E-state index in [0.29, 0.717) is 11.3 Å². The van der Waals surface area contributed by atoms with Gasteiger partial charge in [-0.2, -0.15) is 0 Å². The lowest BCUT2D eigenvalue weighted by atomic mass is 9.75. The van der Waals surface area contributed by atoms with Crippen molar-refractivity contribution in [2.75, 3.05) is 0 Å². The lowest BCUT2D eigenvalue weighted by molar-refractivity contribution is -0.00330. The van der Waals surface area contributed by atoms with Crippen molar-refractivity contribution in [3.63, 3.8) is 0 Å². The van der Waals surface area contributed by atoms with Gasteiger partial charge >= 0.3 is 0 Å². The monoisotopic (exact) mass is 168 g/mol. The van der Waals surface area contributed by atoms with Gasteiger partial charge in [-0.3, -0.25) is 0 Å². The molecule has 1 N–H and O–H groups in total. The van der Waals surface area contributed by atoms with E-state index in [1.165, 1.54) is 32.1 Å². The van der Waals surface area contributed by atoms with E-state index >= 15 is 0 Å². The molecule has 70 valence electrons. The van der Waals surface area contributed by atoms with Crippen molar-refractivity contribution < 1.29 is 5.11 Å². The van der Waals surface area contributed by atoms with Crippen LogP contribution in [0.1, 0.15) is 46.0 Å². The second-order valence-electron chi connectivity index (χ2n) is 5.20. The van der Waals surface area contributed by atoms with Crippen LogP contribution in [0.3, 0.4) is 0 Å². The molecule has 2 fully saturated rings. The Balaban J connectivity index is 2.10. The summed E-state index contributed by atoms with van der Waals surface area (Å²) >= 11 is 0. The van der Waals surface area contributed by atoms with Crippen molar-refractivity contribution in [2.45, 2.75) is 52.1 Å². The highest BCUT2D eigenvalue weighted by Gasteiger charge is 2.49. The zero-order valence-electron chi connectivity index (χ0n) is 8.21. The van der Waals surface area contributed by atoms with Crippen molar-refractivity contribution >= 4 is 0 Å². The van der Waals surface area contributed by atoms with Crippen molar-refractivity contribution in [3.05, 3.63) is 0 Å². The zero-order valence-corrected chi connectivity index (χ0v) is 8.21. The largest absolute Gasteiger partial charge is 0.392 e. The minimum Gasteiger partial charge on any atom is -0.392 e. The van der Waals surface area contributed by atoms with Gasteiger partial charge in [0.2, 0.25) is 0 Å². The van der Waals surface area contributed by atoms with Gasteiger partial charge in [0.25, 0.3) is 0 Å². The van der Waals surface area contributed by atoms with Gasteiger partial charge in [0.1, 0.15) is 0 Å². The van der Waals surface area contributed by atoms with Gasteiger partial charge in [-0.25, -0.2) is 0 Å². The summed E-state index contributed by atoms with van der Waals surface area (Å²) in [5.41, 5.74) is 0.346. The van der Waals surface area contributed by atoms with Crippen LogP contribution in [0.2, 0.25) is 0 Å². The van der Waals surface area contributed by atoms with E-state index in [1.807, 2.05) is 0 Å². The average molecular weight is 168 g/mol. The van der Waals surface area contributed by atoms with Crippen LogP contribution in [0.25, 0.3) is 0 Å². The van der Waals surface area contributed by atoms with Gasteiger partial charge in [0.05, 0.1) is 6.10 Å². The Labute approximate surface area is 75.2 Å². The maximum absolute atomic E-state index is 10.1. The third-order valence-corrected chi connectivity index (χ3v) is 4.06. The first-order valence-corrected chi connectivity index (χ1v) is 5.32. The Morgan fingerprint density at radius 2 is 1.83 bits per heavy atom. The minimum absolute atomic E-state index is 0.0370. The molecule has 0 heterocycles. The number of aliphatic hydroxyl groups excluding tert-OH is 1. The van der Waals surface area contributed by atoms with E-state index < -0.39 is 0 Å². The lowest BCUT2D eigenvalue weighted by Gasteiger charge is -2.34. The van der Waals surface area contributed by atoms with Gasteiger partial charge in [-0.1, -0.05) is 13.8 Å². The molecule has 0 amide bonds. The first kappa shape index (κ1) is 8.55. The molecule has 0 radical (unpaired) electrons. The highest BCUT2D eigenvalue weighted by atomic mass is 16.3. The number of fused-ring (bicyclic) bond motifs is 2. The first-order chi connectivity index (χ1) is 5.64. The van der Waals surface area contributed by atoms with E-state index in [-0.39, 0.29) is 6.10 Å². The molecular formula is C11H20O. The first-order valence-electron chi connectivity index (χ1n) is 5.32. The van der Waals surface area contributed by atoms with Gasteiger partial charge in [-0.05, 0) is 49.4 Å². The number of aliphatic hydroxyl groups is 1. The van der Waals surface area contributed by atoms with E-state index in [4.69, 9.17) is 0 Å². The molecular weight excluding hydrogens is 148 g/mol. The maximum Gasteiger partial charge on any atom is 0.0619 e. The predicted molar refractivity (Wildman–Crippen MR) is 49.9 cm³/mol. The van der Waals surface area contributed by atoms with Crippen molar-refractivity contribution in [1.29, 1.82) is 0 Å². The Hall–Kier alpha value is -0.0400. The minimum atomic E-state index is -0.0370. The van der Waals surface area contributed by atoms with Crippen molar-refractivity contribution in [3.8, 4) is 0 Å². The third-order valence-electron chi connectivity index (χ3n) is 4.06. The summed E-state index contributed by atoms with van der Waals surface area (Å²) in [5, 5.41) is 10.1. The van der Waals surface area contributed by atoms with Gasteiger partial charge in [-0.15, -0.1) is 0 Å². The molecule has 0 aromatic carbocycles. The van der Waals surface area contributed by atoms with E-state index in [1.54, 1.807) is 0 Å². The number of hydrogen-bond donors (Lipinski definition) is 1. The molecule has 1 heteroatoms. The molecule has 2 bridgehead atoms. The maximum atomic E-state index is 10.1. The smallest absolute Gasteiger partial charge is 0.0619 e. The van der Waals surface area contributed by atoms with Crippen LogP contribution in [0.15, 0.2) is 0 Å². The van der Waals surface area contributed by atoms with Gasteiger partial charge in [0.15, 0.2) is 0 Å². The molecule has 0 saturated heterocycles. The normalized spacial score (nSPS) is 42.5. The highest BCUT2D eigenvalue weighted by Crippen LogP contribution is 2.56. The van der Waals surface area contributed by atoms with Crippen LogP contribution in [-0.4, -0.2) is 11.2 Å². The van der Waals surface area contributed by atoms with Crippen LogP contribution in [-0.2, 0) is 0 Å². The summed E-state index contributed by atoms with van der Waals surface area (Å²) in [6, 6.07) is 0. The molecule has 1 atom stereocenters. The molecule has 12 heavy (non-hydrogen) atoms. The fourth-order valence-corrected chi connectivity index (χ4v) is 3.36. The second kappa shape index (κ2) is 2.73. The second-order valence-corrected chi connectivity index (χ2v) is 5.20. The SMILES string of the molecule is CC(C)C(O)C12CCC(CC1)C2. The Morgan fingerprint density at radius 1 is 1.25 bits per heavy atom. The summed E-state index contributed by atoms with van der Waals surface area (Å²) in [4.78, 5) is 0. The zero-order chi connectivity index (χ0) is 8.77. The molecule has 1 unspecified atom stereocenters. The molecule has 0 spiro atoms. The third kappa shape index (κ3) is 1.10. The lowest BCUT2D eigenvalue weighted by Crippen LogP contribution is -2.35. The topological polar surface area (TPSA) is 20.2 Å². The summed E-state index contributed by atoms with van der Waals surface area (Å²) in [6.45, 7) is 4.29. The molecule has 2 aliphatic rings. The highest BCUT2D eigenvalue weighted by molar-refractivity contribution is 5.00. The van der Waals surface area contributed by atoms with Crippen molar-refractivity contribution in [2.24, 2.45) is 17.3 Å². The van der Waals surface area contributed by atoms with Crippen LogP contribution in [0.4, 0.5) is 0 Å². The van der Waals surface area contributed by atoms with Crippen LogP contribution in [0, 0.1) is 17.3 Å². The Bertz CT molecular complexity index is 166. The molecule has 2 saturated carbocycles. The van der Waals surface area contributed by atoms with Crippen LogP contribution >= 0.6 is 0 Å². The summed E-state index contributed by atoms with van der Waals surface area (Å²) in [7, 11) is 0. The molecule has 0 aromatic rings. The van der Waals surface area contributed by atoms with Crippen LogP contribution < -0.4 is 0 Å². The molecule has 1 nitrogen and oxygen atoms in total. The number of rotatable bonds is 2. The average Bonchev–Trinajstić information content (AvgIpc) is 2.62. The predicted octanol–water partition coefficient (Wildman–Crippen LogP) is 2.58. The van der Waals surface area contributed by atoms with Gasteiger partial charge in [0, 0.05) is 0 Å². The van der Waals surface area contributed by atoms with E-state index in [0.717, 1.165) is 5.92 Å². The molecule has 2 rings (SSSR count). The van der Waals surface area contributed by atoms with E-state index in [9.17, 15) is 5.11 Å². The quantitative estimate of drug-likeness (QED) is 0.672. The van der Waals surface area contributed by atoms with Gasteiger partial charge < -0.3 is 5.11 Å². The van der Waals surface area contributed by atoms with E-state index in [2.05, 4.69) is 13.8 Å². The summed E-state index contributed by atoms with van der Waals surface area (Å²) < 4.78 is 0. The summed E-state index contributed by atoms with van der Waals surface area (Å²) in [5.74, 6) is 1.40. The standard InChI is InChI=1S/C11H20O/c1-8(2)10(12)11-5-3-9(7-11)4-6-11/h8-10,12H,3-7H2,1-2H3. The fraction of sp³-hybridized carbons (Fsp3) is 1.00. The molecule has 2 aliphatic carbocycles. The van der Waals surface area contributed by atoms with Crippen LogP contribution in [0.5, 0.6) is 0 Å². The molecule has 0 aromatic heterocycles. The fourth-order valence-electron chi connectivity index (χ4n) is 3.36. The summed E-state index contributed by atoms with van der Waals surface area (Å²) in [6.07, 6.45) is 6.61. The number of hydrogen-bond acceptors (Lipinski definition) is 1. The Morgan fingerprint density at radius 3 is 2.17 bits per heavy atom. The Kier molecular flexibility index (Phi) is 1.95.